The summed E-state index contributed by atoms with van der Waals surface area (Å²) < 4.78 is 4.66. The van der Waals surface area contributed by atoms with E-state index in [2.05, 4.69) is 4.74 Å². The van der Waals surface area contributed by atoms with Gasteiger partial charge in [0.2, 0.25) is 5.75 Å². The number of aromatic carboxylic acids is 1. The zero-order chi connectivity index (χ0) is 10.0. The maximum atomic E-state index is 10.5. The molecule has 0 saturated heterocycles. The average molecular weight is 184 g/mol. The van der Waals surface area contributed by atoms with E-state index in [0.717, 1.165) is 6.07 Å². The number of benzene rings is 1. The third-order valence-electron chi connectivity index (χ3n) is 1.56. The van der Waals surface area contributed by atoms with Gasteiger partial charge in [-0.1, -0.05) is 0 Å². The molecule has 1 aromatic carbocycles. The van der Waals surface area contributed by atoms with E-state index in [0.29, 0.717) is 0 Å². The Bertz CT molecular complexity index is 345. The molecule has 5 nitrogen and oxygen atoms in total. The summed E-state index contributed by atoms with van der Waals surface area (Å²) in [6.45, 7) is 0. The van der Waals surface area contributed by atoms with Crippen molar-refractivity contribution in [2.75, 3.05) is 7.11 Å². The summed E-state index contributed by atoms with van der Waals surface area (Å²) in [6, 6.07) is 2.41. The quantitative estimate of drug-likeness (QED) is 0.592. The minimum atomic E-state index is -1.31. The maximum absolute atomic E-state index is 10.5. The Labute approximate surface area is 73.8 Å². The molecule has 5 heteroatoms. The van der Waals surface area contributed by atoms with Crippen LogP contribution in [0, 0.1) is 0 Å². The van der Waals surface area contributed by atoms with Gasteiger partial charge in [-0.2, -0.15) is 0 Å². The van der Waals surface area contributed by atoms with Crippen molar-refractivity contribution < 1.29 is 24.9 Å². The van der Waals surface area contributed by atoms with Crippen molar-refractivity contribution >= 4 is 5.97 Å². The second-order valence-electron chi connectivity index (χ2n) is 2.32. The van der Waals surface area contributed by atoms with E-state index in [4.69, 9.17) is 10.2 Å². The van der Waals surface area contributed by atoms with Crippen LogP contribution in [0.4, 0.5) is 0 Å². The zero-order valence-electron chi connectivity index (χ0n) is 6.81. The molecule has 0 aliphatic carbocycles. The van der Waals surface area contributed by atoms with E-state index in [9.17, 15) is 9.90 Å². The molecule has 0 aromatic heterocycles. The highest BCUT2D eigenvalue weighted by Crippen LogP contribution is 2.37. The number of hydrogen-bond donors (Lipinski definition) is 3. The second-order valence-corrected chi connectivity index (χ2v) is 2.32. The summed E-state index contributed by atoms with van der Waals surface area (Å²) >= 11 is 0. The molecular formula is C8H8O5. The Morgan fingerprint density at radius 2 is 1.92 bits per heavy atom. The van der Waals surface area contributed by atoms with E-state index >= 15 is 0 Å². The van der Waals surface area contributed by atoms with E-state index < -0.39 is 17.5 Å². The number of phenols is 2. The minimum Gasteiger partial charge on any atom is -0.504 e. The number of carboxylic acids is 1. The monoisotopic (exact) mass is 184 g/mol. The first-order valence-corrected chi connectivity index (χ1v) is 3.40. The van der Waals surface area contributed by atoms with Crippen LogP contribution < -0.4 is 4.74 Å². The smallest absolute Gasteiger partial charge is 0.339 e. The molecule has 0 aliphatic rings. The summed E-state index contributed by atoms with van der Waals surface area (Å²) in [7, 11) is 1.30. The Morgan fingerprint density at radius 1 is 1.31 bits per heavy atom. The number of phenolic OH excluding ortho intramolecular Hbond substituents is 1. The number of carbonyl (C=O) groups is 1. The highest BCUT2D eigenvalue weighted by atomic mass is 16.5. The third kappa shape index (κ3) is 1.48. The molecule has 0 radical (unpaired) electrons. The van der Waals surface area contributed by atoms with E-state index in [1.165, 1.54) is 13.2 Å². The van der Waals surface area contributed by atoms with Gasteiger partial charge >= 0.3 is 5.97 Å². The molecule has 0 amide bonds. The average Bonchev–Trinajstić information content (AvgIpc) is 2.09. The van der Waals surface area contributed by atoms with Crippen LogP contribution in [0.15, 0.2) is 12.1 Å². The van der Waals surface area contributed by atoms with Crippen LogP contribution >= 0.6 is 0 Å². The van der Waals surface area contributed by atoms with Crippen LogP contribution in [0.25, 0.3) is 0 Å². The molecule has 0 unspecified atom stereocenters. The fourth-order valence-corrected chi connectivity index (χ4v) is 0.898. The van der Waals surface area contributed by atoms with Crippen LogP contribution in [-0.4, -0.2) is 28.4 Å². The van der Waals surface area contributed by atoms with Gasteiger partial charge in [0.25, 0.3) is 0 Å². The molecule has 1 rings (SSSR count). The first kappa shape index (κ1) is 9.18. The molecule has 0 aliphatic heterocycles. The first-order chi connectivity index (χ1) is 6.07. The molecule has 3 N–H and O–H groups in total. The topological polar surface area (TPSA) is 87.0 Å². The molecule has 0 fully saturated rings. The number of hydrogen-bond acceptors (Lipinski definition) is 4. The van der Waals surface area contributed by atoms with Gasteiger partial charge in [0.1, 0.15) is 5.56 Å². The fraction of sp³-hybridized carbons (Fsp3) is 0.125. The number of aromatic hydroxyl groups is 2. The van der Waals surface area contributed by atoms with Crippen molar-refractivity contribution in [2.24, 2.45) is 0 Å². The van der Waals surface area contributed by atoms with Crippen LogP contribution in [0.1, 0.15) is 10.4 Å². The van der Waals surface area contributed by atoms with Crippen molar-refractivity contribution in [3.8, 4) is 17.2 Å². The Hall–Kier alpha value is -1.91. The zero-order valence-corrected chi connectivity index (χ0v) is 6.81. The van der Waals surface area contributed by atoms with Crippen molar-refractivity contribution in [1.82, 2.24) is 0 Å². The van der Waals surface area contributed by atoms with Gasteiger partial charge in [-0.15, -0.1) is 0 Å². The van der Waals surface area contributed by atoms with Gasteiger partial charge in [0, 0.05) is 0 Å². The first-order valence-electron chi connectivity index (χ1n) is 3.40. The molecular weight excluding hydrogens is 176 g/mol. The number of methoxy groups -OCH3 is 1. The SMILES string of the molecule is COc1ccc(C(=O)O)c(O)c1O. The van der Waals surface area contributed by atoms with Gasteiger partial charge in [0.05, 0.1) is 7.11 Å². The van der Waals surface area contributed by atoms with Crippen molar-refractivity contribution in [2.45, 2.75) is 0 Å². The lowest BCUT2D eigenvalue weighted by Gasteiger charge is -2.06. The highest BCUT2D eigenvalue weighted by Gasteiger charge is 2.16. The van der Waals surface area contributed by atoms with Crippen molar-refractivity contribution in [3.05, 3.63) is 17.7 Å². The van der Waals surface area contributed by atoms with Gasteiger partial charge in [-0.3, -0.25) is 0 Å². The summed E-state index contributed by atoms with van der Waals surface area (Å²) in [5.41, 5.74) is -0.363. The number of rotatable bonds is 2. The molecule has 13 heavy (non-hydrogen) atoms. The predicted octanol–water partition coefficient (Wildman–Crippen LogP) is 0.805. The predicted molar refractivity (Wildman–Crippen MR) is 43.3 cm³/mol. The van der Waals surface area contributed by atoms with Gasteiger partial charge in [0.15, 0.2) is 11.5 Å². The van der Waals surface area contributed by atoms with Gasteiger partial charge in [-0.05, 0) is 12.1 Å². The summed E-state index contributed by atoms with van der Waals surface area (Å²) in [6.07, 6.45) is 0. The van der Waals surface area contributed by atoms with Crippen LogP contribution in [0.3, 0.4) is 0 Å². The Balaban J connectivity index is 3.31. The standard InChI is InChI=1S/C8H8O5/c1-13-5-3-2-4(8(11)12)6(9)7(5)10/h2-3,9-10H,1H3,(H,11,12). The lowest BCUT2D eigenvalue weighted by Crippen LogP contribution is -1.97. The van der Waals surface area contributed by atoms with E-state index in [1.54, 1.807) is 0 Å². The normalized spacial score (nSPS) is 9.62. The van der Waals surface area contributed by atoms with Crippen LogP contribution in [-0.2, 0) is 0 Å². The number of carboxylic acid groups (broad SMARTS) is 1. The van der Waals surface area contributed by atoms with Crippen molar-refractivity contribution in [1.29, 1.82) is 0 Å². The van der Waals surface area contributed by atoms with Crippen LogP contribution in [0.5, 0.6) is 17.2 Å². The van der Waals surface area contributed by atoms with Gasteiger partial charge in [-0.25, -0.2) is 4.79 Å². The third-order valence-corrected chi connectivity index (χ3v) is 1.56. The van der Waals surface area contributed by atoms with Gasteiger partial charge < -0.3 is 20.1 Å². The van der Waals surface area contributed by atoms with Crippen molar-refractivity contribution in [3.63, 3.8) is 0 Å². The minimum absolute atomic E-state index is 0.0301. The number of ether oxygens (including phenoxy) is 1. The largest absolute Gasteiger partial charge is 0.504 e. The van der Waals surface area contributed by atoms with E-state index in [-0.39, 0.29) is 11.3 Å². The maximum Gasteiger partial charge on any atom is 0.339 e. The Kier molecular flexibility index (Phi) is 2.27. The van der Waals surface area contributed by atoms with Crippen LogP contribution in [0.2, 0.25) is 0 Å². The van der Waals surface area contributed by atoms with E-state index in [1.807, 2.05) is 0 Å². The summed E-state index contributed by atoms with van der Waals surface area (Å²) in [4.78, 5) is 10.5. The summed E-state index contributed by atoms with van der Waals surface area (Å²) in [5, 5.41) is 26.9. The molecule has 0 atom stereocenters. The molecule has 0 saturated carbocycles. The second kappa shape index (κ2) is 3.22. The molecule has 70 valence electrons. The molecule has 1 aromatic rings. The molecule has 0 bridgehead atoms. The lowest BCUT2D eigenvalue weighted by atomic mass is 10.2. The molecule has 0 heterocycles. The lowest BCUT2D eigenvalue weighted by molar-refractivity contribution is 0.0693. The fourth-order valence-electron chi connectivity index (χ4n) is 0.898. The highest BCUT2D eigenvalue weighted by molar-refractivity contribution is 5.92. The molecule has 0 spiro atoms. The summed E-state index contributed by atoms with van der Waals surface area (Å²) in [5.74, 6) is -2.53. The Morgan fingerprint density at radius 3 is 2.38 bits per heavy atom.